The van der Waals surface area contributed by atoms with Gasteiger partial charge < -0.3 is 10.6 Å². The Hall–Kier alpha value is -1.35. The Labute approximate surface area is 122 Å². The maximum atomic E-state index is 12.9. The van der Waals surface area contributed by atoms with Crippen molar-refractivity contribution in [3.8, 4) is 0 Å². The first-order valence-electron chi connectivity index (χ1n) is 7.71. The number of amides is 1. The van der Waals surface area contributed by atoms with E-state index < -0.39 is 0 Å². The second-order valence-electron chi connectivity index (χ2n) is 5.90. The fraction of sp³-hybridized carbons (Fsp3) is 0.588. The molecule has 0 aliphatic heterocycles. The number of nitrogens with zero attached hydrogens (tertiary/aromatic N) is 1. The lowest BCUT2D eigenvalue weighted by Gasteiger charge is -2.34. The van der Waals surface area contributed by atoms with Crippen molar-refractivity contribution in [3.63, 3.8) is 0 Å². The number of carbonyl (C=O) groups excluding carboxylic acids is 1. The zero-order valence-electron chi connectivity index (χ0n) is 12.7. The summed E-state index contributed by atoms with van der Waals surface area (Å²) in [5, 5.41) is 0. The Morgan fingerprint density at radius 1 is 1.25 bits per heavy atom. The highest BCUT2D eigenvalue weighted by Crippen LogP contribution is 2.24. The van der Waals surface area contributed by atoms with Crippen molar-refractivity contribution in [2.45, 2.75) is 52.0 Å². The number of carbonyl (C=O) groups is 1. The van der Waals surface area contributed by atoms with E-state index in [0.717, 1.165) is 29.5 Å². The highest BCUT2D eigenvalue weighted by Gasteiger charge is 2.26. The van der Waals surface area contributed by atoms with E-state index in [1.54, 1.807) is 0 Å². The first-order chi connectivity index (χ1) is 9.63. The minimum Gasteiger partial charge on any atom is -0.334 e. The highest BCUT2D eigenvalue weighted by atomic mass is 16.2. The molecule has 0 unspecified atom stereocenters. The monoisotopic (exact) mass is 274 g/mol. The Kier molecular flexibility index (Phi) is 5.18. The van der Waals surface area contributed by atoms with Gasteiger partial charge in [-0.05, 0) is 38.3 Å². The Morgan fingerprint density at radius 3 is 2.60 bits per heavy atom. The van der Waals surface area contributed by atoms with Crippen LogP contribution in [-0.2, 0) is 0 Å². The quantitative estimate of drug-likeness (QED) is 0.917. The van der Waals surface area contributed by atoms with E-state index in [2.05, 4.69) is 6.07 Å². The third-order valence-corrected chi connectivity index (χ3v) is 4.27. The molecule has 3 nitrogen and oxygen atoms in total. The fourth-order valence-corrected chi connectivity index (χ4v) is 3.10. The summed E-state index contributed by atoms with van der Waals surface area (Å²) in [4.78, 5) is 14.9. The summed E-state index contributed by atoms with van der Waals surface area (Å²) in [5.41, 5.74) is 8.75. The molecule has 1 fully saturated rings. The molecule has 1 aliphatic rings. The van der Waals surface area contributed by atoms with E-state index >= 15 is 0 Å². The van der Waals surface area contributed by atoms with Crippen LogP contribution >= 0.6 is 0 Å². The first-order valence-corrected chi connectivity index (χ1v) is 7.71. The summed E-state index contributed by atoms with van der Waals surface area (Å²) in [7, 11) is 0. The summed E-state index contributed by atoms with van der Waals surface area (Å²) >= 11 is 0. The Balaban J connectivity index is 2.23. The molecule has 0 saturated heterocycles. The van der Waals surface area contributed by atoms with Crippen LogP contribution in [0, 0.1) is 13.8 Å². The van der Waals surface area contributed by atoms with Gasteiger partial charge in [-0.15, -0.1) is 0 Å². The van der Waals surface area contributed by atoms with E-state index in [9.17, 15) is 4.79 Å². The van der Waals surface area contributed by atoms with E-state index in [4.69, 9.17) is 5.73 Å². The number of hydrogen-bond acceptors (Lipinski definition) is 2. The van der Waals surface area contributed by atoms with Crippen molar-refractivity contribution in [2.24, 2.45) is 5.73 Å². The second-order valence-corrected chi connectivity index (χ2v) is 5.90. The second kappa shape index (κ2) is 6.89. The molecular formula is C17H26N2O. The van der Waals surface area contributed by atoms with Crippen LogP contribution in [0.2, 0.25) is 0 Å². The predicted octanol–water partition coefficient (Wildman–Crippen LogP) is 3.04. The lowest BCUT2D eigenvalue weighted by Crippen LogP contribution is -2.44. The van der Waals surface area contributed by atoms with E-state index in [0.29, 0.717) is 19.1 Å². The lowest BCUT2D eigenvalue weighted by atomic mass is 9.93. The summed E-state index contributed by atoms with van der Waals surface area (Å²) in [6.45, 7) is 5.24. The van der Waals surface area contributed by atoms with Crippen molar-refractivity contribution < 1.29 is 4.79 Å². The van der Waals surface area contributed by atoms with Crippen molar-refractivity contribution in [3.05, 3.63) is 34.9 Å². The van der Waals surface area contributed by atoms with Gasteiger partial charge in [-0.25, -0.2) is 0 Å². The predicted molar refractivity (Wildman–Crippen MR) is 82.9 cm³/mol. The van der Waals surface area contributed by atoms with Crippen LogP contribution in [0.25, 0.3) is 0 Å². The average Bonchev–Trinajstić information content (AvgIpc) is 2.47. The van der Waals surface area contributed by atoms with Gasteiger partial charge in [-0.3, -0.25) is 4.79 Å². The van der Waals surface area contributed by atoms with Gasteiger partial charge in [0.2, 0.25) is 0 Å². The molecule has 1 saturated carbocycles. The maximum Gasteiger partial charge on any atom is 0.254 e. The SMILES string of the molecule is Cc1ccc(C)c(C(=O)N(CCN)C2CCCCC2)c1. The van der Waals surface area contributed by atoms with E-state index in [1.807, 2.05) is 30.9 Å². The Morgan fingerprint density at radius 2 is 1.95 bits per heavy atom. The third-order valence-electron chi connectivity index (χ3n) is 4.27. The smallest absolute Gasteiger partial charge is 0.254 e. The van der Waals surface area contributed by atoms with Crippen LogP contribution in [0.4, 0.5) is 0 Å². The van der Waals surface area contributed by atoms with Gasteiger partial charge in [-0.1, -0.05) is 37.0 Å². The molecule has 0 heterocycles. The molecule has 0 atom stereocenters. The highest BCUT2D eigenvalue weighted by molar-refractivity contribution is 5.96. The largest absolute Gasteiger partial charge is 0.334 e. The molecule has 0 spiro atoms. The van der Waals surface area contributed by atoms with Crippen molar-refractivity contribution in [1.29, 1.82) is 0 Å². The van der Waals surface area contributed by atoms with Gasteiger partial charge in [-0.2, -0.15) is 0 Å². The van der Waals surface area contributed by atoms with Gasteiger partial charge in [0.05, 0.1) is 0 Å². The van der Waals surface area contributed by atoms with Crippen LogP contribution < -0.4 is 5.73 Å². The van der Waals surface area contributed by atoms with Gasteiger partial charge in [0.15, 0.2) is 0 Å². The van der Waals surface area contributed by atoms with E-state index in [-0.39, 0.29) is 5.91 Å². The molecule has 1 aromatic carbocycles. The molecule has 2 rings (SSSR count). The van der Waals surface area contributed by atoms with Gasteiger partial charge in [0, 0.05) is 24.7 Å². The van der Waals surface area contributed by atoms with Crippen molar-refractivity contribution in [1.82, 2.24) is 4.90 Å². The Bertz CT molecular complexity index is 464. The molecule has 1 aliphatic carbocycles. The number of rotatable bonds is 4. The first kappa shape index (κ1) is 15.0. The van der Waals surface area contributed by atoms with Crippen LogP contribution in [-0.4, -0.2) is 29.9 Å². The zero-order valence-corrected chi connectivity index (χ0v) is 12.7. The van der Waals surface area contributed by atoms with Gasteiger partial charge in [0.25, 0.3) is 5.91 Å². The normalized spacial score (nSPS) is 16.1. The van der Waals surface area contributed by atoms with Gasteiger partial charge >= 0.3 is 0 Å². The average molecular weight is 274 g/mol. The molecule has 1 aromatic rings. The zero-order chi connectivity index (χ0) is 14.5. The van der Waals surface area contributed by atoms with Crippen LogP contribution in [0.15, 0.2) is 18.2 Å². The molecule has 0 aromatic heterocycles. The third kappa shape index (κ3) is 3.40. The van der Waals surface area contributed by atoms with E-state index in [1.165, 1.54) is 19.3 Å². The molecule has 3 heteroatoms. The van der Waals surface area contributed by atoms with Crippen molar-refractivity contribution >= 4 is 5.91 Å². The minimum absolute atomic E-state index is 0.156. The molecular weight excluding hydrogens is 248 g/mol. The van der Waals surface area contributed by atoms with Gasteiger partial charge in [0.1, 0.15) is 0 Å². The maximum absolute atomic E-state index is 12.9. The van der Waals surface area contributed by atoms with Crippen LogP contribution in [0.1, 0.15) is 53.6 Å². The molecule has 110 valence electrons. The number of aryl methyl sites for hydroxylation is 2. The lowest BCUT2D eigenvalue weighted by molar-refractivity contribution is 0.0641. The van der Waals surface area contributed by atoms with Crippen LogP contribution in [0.5, 0.6) is 0 Å². The molecule has 1 amide bonds. The number of benzene rings is 1. The number of nitrogens with two attached hydrogens (primary N) is 1. The van der Waals surface area contributed by atoms with Crippen molar-refractivity contribution in [2.75, 3.05) is 13.1 Å². The summed E-state index contributed by atoms with van der Waals surface area (Å²) in [5.74, 6) is 0.156. The topological polar surface area (TPSA) is 46.3 Å². The molecule has 20 heavy (non-hydrogen) atoms. The molecule has 0 bridgehead atoms. The number of hydrogen-bond donors (Lipinski definition) is 1. The summed E-state index contributed by atoms with van der Waals surface area (Å²) < 4.78 is 0. The molecule has 0 radical (unpaired) electrons. The summed E-state index contributed by atoms with van der Waals surface area (Å²) in [6, 6.07) is 6.47. The summed E-state index contributed by atoms with van der Waals surface area (Å²) in [6.07, 6.45) is 6.00. The molecule has 2 N–H and O–H groups in total. The fourth-order valence-electron chi connectivity index (χ4n) is 3.10. The standard InChI is InChI=1S/C17H26N2O/c1-13-8-9-14(2)16(12-13)17(20)19(11-10-18)15-6-4-3-5-7-15/h8-9,12,15H,3-7,10-11,18H2,1-2H3. The van der Waals surface area contributed by atoms with Crippen LogP contribution in [0.3, 0.4) is 0 Å². The minimum atomic E-state index is 0.156.